The molecule has 1 aromatic heterocycles. The fourth-order valence-electron chi connectivity index (χ4n) is 6.30. The molecule has 3 fully saturated rings. The number of H-pyrrole nitrogens is 1. The zero-order chi connectivity index (χ0) is 22.1. The maximum absolute atomic E-state index is 13.0. The highest BCUT2D eigenvalue weighted by atomic mass is 16.2. The summed E-state index contributed by atoms with van der Waals surface area (Å²) in [6, 6.07) is -0.118. The third-order valence-corrected chi connectivity index (χ3v) is 8.18. The lowest BCUT2D eigenvalue weighted by molar-refractivity contribution is -0.136. The van der Waals surface area contributed by atoms with Crippen molar-refractivity contribution in [3.8, 4) is 0 Å². The van der Waals surface area contributed by atoms with Gasteiger partial charge in [-0.1, -0.05) is 32.1 Å². The minimum atomic E-state index is -0.139. The van der Waals surface area contributed by atoms with Gasteiger partial charge in [0.1, 0.15) is 5.82 Å². The van der Waals surface area contributed by atoms with Gasteiger partial charge in [-0.15, -0.1) is 0 Å². The number of likely N-dealkylation sites (tertiary alicyclic amines) is 1. The molecule has 0 aromatic carbocycles. The van der Waals surface area contributed by atoms with E-state index in [2.05, 4.69) is 4.98 Å². The predicted octanol–water partition coefficient (Wildman–Crippen LogP) is 3.48. The molecular weight excluding hydrogens is 404 g/mol. The summed E-state index contributed by atoms with van der Waals surface area (Å²) in [5.74, 6) is 1.70. The lowest BCUT2D eigenvalue weighted by Crippen LogP contribution is -2.41. The minimum absolute atomic E-state index is 0.118. The topological polar surface area (TPSA) is 86.4 Å². The Labute approximate surface area is 190 Å². The monoisotopic (exact) mass is 440 g/mol. The van der Waals surface area contributed by atoms with Crippen molar-refractivity contribution in [2.75, 3.05) is 13.1 Å². The maximum Gasteiger partial charge on any atom is 0.256 e. The van der Waals surface area contributed by atoms with Crippen molar-refractivity contribution >= 4 is 11.8 Å². The number of carbonyl (C=O) groups excluding carboxylic acids is 2. The summed E-state index contributed by atoms with van der Waals surface area (Å²) in [6.45, 7) is 1.74. The molecular formula is C25H36N4O3. The number of rotatable bonds is 4. The van der Waals surface area contributed by atoms with Crippen LogP contribution in [0.5, 0.6) is 0 Å². The summed E-state index contributed by atoms with van der Waals surface area (Å²) in [5, 5.41) is 0. The molecule has 2 aliphatic carbocycles. The van der Waals surface area contributed by atoms with Gasteiger partial charge in [0.05, 0.1) is 23.8 Å². The highest BCUT2D eigenvalue weighted by molar-refractivity contribution is 5.79. The third kappa shape index (κ3) is 4.35. The lowest BCUT2D eigenvalue weighted by atomic mass is 9.86. The van der Waals surface area contributed by atoms with Crippen LogP contribution in [-0.2, 0) is 22.6 Å². The normalized spacial score (nSPS) is 24.7. The van der Waals surface area contributed by atoms with Gasteiger partial charge in [0.25, 0.3) is 5.56 Å². The van der Waals surface area contributed by atoms with Crippen LogP contribution in [0.1, 0.15) is 100 Å². The average molecular weight is 441 g/mol. The second-order valence-electron chi connectivity index (χ2n) is 10.3. The first-order valence-electron chi connectivity index (χ1n) is 12.8. The summed E-state index contributed by atoms with van der Waals surface area (Å²) >= 11 is 0. The number of fused-ring (bicyclic) bond motifs is 1. The van der Waals surface area contributed by atoms with E-state index in [0.717, 1.165) is 63.6 Å². The molecule has 0 bridgehead atoms. The van der Waals surface area contributed by atoms with E-state index in [0.29, 0.717) is 43.2 Å². The second-order valence-corrected chi connectivity index (χ2v) is 10.3. The van der Waals surface area contributed by atoms with Gasteiger partial charge < -0.3 is 14.8 Å². The van der Waals surface area contributed by atoms with E-state index in [1.54, 1.807) is 0 Å². The van der Waals surface area contributed by atoms with Crippen molar-refractivity contribution in [1.29, 1.82) is 0 Å². The highest BCUT2D eigenvalue weighted by Gasteiger charge is 2.37. The van der Waals surface area contributed by atoms with Crippen LogP contribution in [0.3, 0.4) is 0 Å². The Morgan fingerprint density at radius 2 is 1.69 bits per heavy atom. The maximum atomic E-state index is 13.0. The van der Waals surface area contributed by atoms with Gasteiger partial charge in [-0.05, 0) is 44.4 Å². The van der Waals surface area contributed by atoms with Gasteiger partial charge in [0.2, 0.25) is 11.8 Å². The molecule has 1 saturated heterocycles. The number of aromatic amines is 1. The third-order valence-electron chi connectivity index (χ3n) is 8.18. The molecule has 1 atom stereocenters. The van der Waals surface area contributed by atoms with Gasteiger partial charge >= 0.3 is 0 Å². The van der Waals surface area contributed by atoms with Gasteiger partial charge in [-0.25, -0.2) is 4.98 Å². The van der Waals surface area contributed by atoms with Gasteiger partial charge in [0, 0.05) is 31.8 Å². The van der Waals surface area contributed by atoms with Crippen LogP contribution in [0.2, 0.25) is 0 Å². The van der Waals surface area contributed by atoms with E-state index in [1.807, 2.05) is 9.80 Å². The number of carbonyl (C=O) groups is 2. The number of nitrogens with one attached hydrogen (secondary N) is 1. The van der Waals surface area contributed by atoms with Crippen molar-refractivity contribution in [2.45, 2.75) is 96.1 Å². The molecule has 3 heterocycles. The molecule has 1 aromatic rings. The molecule has 1 N–H and O–H groups in total. The Bertz CT molecular complexity index is 914. The zero-order valence-corrected chi connectivity index (χ0v) is 19.1. The van der Waals surface area contributed by atoms with E-state index >= 15 is 0 Å². The molecule has 4 aliphatic rings. The minimum Gasteiger partial charge on any atom is -0.338 e. The quantitative estimate of drug-likeness (QED) is 0.777. The largest absolute Gasteiger partial charge is 0.338 e. The predicted molar refractivity (Wildman–Crippen MR) is 121 cm³/mol. The smallest absolute Gasteiger partial charge is 0.256 e. The Balaban J connectivity index is 1.29. The second kappa shape index (κ2) is 9.36. The number of amides is 2. The Hall–Kier alpha value is -2.18. The Morgan fingerprint density at radius 1 is 0.938 bits per heavy atom. The molecule has 0 radical (unpaired) electrons. The van der Waals surface area contributed by atoms with Crippen molar-refractivity contribution in [3.05, 3.63) is 27.4 Å². The zero-order valence-electron chi connectivity index (χ0n) is 19.1. The SMILES string of the molecule is O=C(CC1CCCCC1)N1CCc2nc([C@H]3CCCN3C(=O)C3CCCC3)[nH]c(=O)c2C1. The van der Waals surface area contributed by atoms with Crippen molar-refractivity contribution < 1.29 is 9.59 Å². The fraction of sp³-hybridized carbons (Fsp3) is 0.760. The summed E-state index contributed by atoms with van der Waals surface area (Å²) in [4.78, 5) is 50.5. The van der Waals surface area contributed by atoms with Crippen molar-refractivity contribution in [3.63, 3.8) is 0 Å². The number of hydrogen-bond acceptors (Lipinski definition) is 4. The molecule has 2 amide bonds. The number of hydrogen-bond donors (Lipinski definition) is 1. The molecule has 2 saturated carbocycles. The van der Waals surface area contributed by atoms with Crippen LogP contribution in [0.4, 0.5) is 0 Å². The van der Waals surface area contributed by atoms with E-state index < -0.39 is 0 Å². The Morgan fingerprint density at radius 3 is 2.47 bits per heavy atom. The molecule has 2 aliphatic heterocycles. The van der Waals surface area contributed by atoms with E-state index in [9.17, 15) is 14.4 Å². The van der Waals surface area contributed by atoms with E-state index in [1.165, 1.54) is 19.3 Å². The molecule has 7 nitrogen and oxygen atoms in total. The lowest BCUT2D eigenvalue weighted by Gasteiger charge is -2.31. The summed E-state index contributed by atoms with van der Waals surface area (Å²) in [5.41, 5.74) is 1.30. The van der Waals surface area contributed by atoms with Crippen LogP contribution in [-0.4, -0.2) is 44.7 Å². The number of nitrogens with zero attached hydrogens (tertiary/aromatic N) is 3. The molecule has 0 unspecified atom stereocenters. The standard InChI is InChI=1S/C25H36N4O3/c30-22(15-17-7-2-1-3-8-17)28-14-12-20-19(16-28)24(31)27-23(26-20)21-11-6-13-29(21)25(32)18-9-4-5-10-18/h17-18,21H,1-16H2,(H,26,27,31)/t21-/m1/s1. The van der Waals surface area contributed by atoms with Gasteiger partial charge in [-0.2, -0.15) is 0 Å². The molecule has 7 heteroatoms. The first-order valence-corrected chi connectivity index (χ1v) is 12.8. The van der Waals surface area contributed by atoms with Crippen LogP contribution >= 0.6 is 0 Å². The first-order chi connectivity index (χ1) is 15.6. The molecule has 5 rings (SSSR count). The van der Waals surface area contributed by atoms with Crippen LogP contribution in [0.15, 0.2) is 4.79 Å². The van der Waals surface area contributed by atoms with E-state index in [4.69, 9.17) is 4.98 Å². The summed E-state index contributed by atoms with van der Waals surface area (Å²) in [6.07, 6.45) is 13.3. The van der Waals surface area contributed by atoms with Gasteiger partial charge in [0.15, 0.2) is 0 Å². The van der Waals surface area contributed by atoms with E-state index in [-0.39, 0.29) is 29.3 Å². The summed E-state index contributed by atoms with van der Waals surface area (Å²) in [7, 11) is 0. The highest BCUT2D eigenvalue weighted by Crippen LogP contribution is 2.35. The van der Waals surface area contributed by atoms with Crippen LogP contribution in [0.25, 0.3) is 0 Å². The fourth-order valence-corrected chi connectivity index (χ4v) is 6.30. The molecule has 0 spiro atoms. The first kappa shape index (κ1) is 21.7. The average Bonchev–Trinajstić information content (AvgIpc) is 3.51. The Kier molecular flexibility index (Phi) is 6.33. The van der Waals surface area contributed by atoms with Crippen molar-refractivity contribution in [1.82, 2.24) is 19.8 Å². The summed E-state index contributed by atoms with van der Waals surface area (Å²) < 4.78 is 0. The van der Waals surface area contributed by atoms with Crippen LogP contribution in [0, 0.1) is 11.8 Å². The van der Waals surface area contributed by atoms with Crippen molar-refractivity contribution in [2.24, 2.45) is 11.8 Å². The molecule has 32 heavy (non-hydrogen) atoms. The number of aromatic nitrogens is 2. The van der Waals surface area contributed by atoms with Crippen LogP contribution < -0.4 is 5.56 Å². The molecule has 174 valence electrons. The van der Waals surface area contributed by atoms with Gasteiger partial charge in [-0.3, -0.25) is 14.4 Å².